The predicted octanol–water partition coefficient (Wildman–Crippen LogP) is -0.858. The lowest BCUT2D eigenvalue weighted by atomic mass is 10.1. The van der Waals surface area contributed by atoms with Gasteiger partial charge in [-0.1, -0.05) is 0 Å². The quantitative estimate of drug-likeness (QED) is 0.550. The molecule has 7 nitrogen and oxygen atoms in total. The van der Waals surface area contributed by atoms with Gasteiger partial charge in [0.1, 0.15) is 0 Å². The van der Waals surface area contributed by atoms with Crippen LogP contribution in [-0.2, 0) is 9.53 Å². The maximum Gasteiger partial charge on any atom is 0.316 e. The van der Waals surface area contributed by atoms with Crippen LogP contribution in [0.4, 0.5) is 4.79 Å². The molecule has 3 N–H and O–H groups in total. The topological polar surface area (TPSA) is 82.7 Å². The minimum atomic E-state index is -0.131. The van der Waals surface area contributed by atoms with Crippen LogP contribution >= 0.6 is 0 Å². The molecule has 1 heterocycles. The Balaban J connectivity index is 1.99. The fourth-order valence-electron chi connectivity index (χ4n) is 1.74. The summed E-state index contributed by atoms with van der Waals surface area (Å²) in [5.41, 5.74) is 0. The van der Waals surface area contributed by atoms with Crippen molar-refractivity contribution < 1.29 is 14.3 Å². The molecule has 110 valence electrons. The molecule has 0 bridgehead atoms. The van der Waals surface area contributed by atoms with Gasteiger partial charge in [-0.15, -0.1) is 0 Å². The monoisotopic (exact) mass is 272 g/mol. The molecular weight excluding hydrogens is 248 g/mol. The largest absolute Gasteiger partial charge is 0.381 e. The number of amides is 3. The number of hydrogen-bond acceptors (Lipinski definition) is 4. The summed E-state index contributed by atoms with van der Waals surface area (Å²) < 4.78 is 5.22. The number of rotatable bonds is 6. The van der Waals surface area contributed by atoms with E-state index in [0.29, 0.717) is 13.1 Å². The predicted molar refractivity (Wildman–Crippen MR) is 71.9 cm³/mol. The number of hydrogen-bond donors (Lipinski definition) is 3. The second kappa shape index (κ2) is 8.71. The summed E-state index contributed by atoms with van der Waals surface area (Å²) in [7, 11) is 3.37. The first-order valence-corrected chi connectivity index (χ1v) is 6.62. The Labute approximate surface area is 114 Å². The maximum atomic E-state index is 11.6. The summed E-state index contributed by atoms with van der Waals surface area (Å²) in [6, 6.07) is 0.102. The lowest BCUT2D eigenvalue weighted by molar-refractivity contribution is -0.121. The average molecular weight is 272 g/mol. The van der Waals surface area contributed by atoms with E-state index in [9.17, 15) is 9.59 Å². The second-order valence-corrected chi connectivity index (χ2v) is 4.76. The second-order valence-electron chi connectivity index (χ2n) is 4.76. The number of ether oxygens (including phenoxy) is 1. The van der Waals surface area contributed by atoms with Crippen molar-refractivity contribution in [3.63, 3.8) is 0 Å². The van der Waals surface area contributed by atoms with Gasteiger partial charge in [-0.05, 0) is 12.8 Å². The summed E-state index contributed by atoms with van der Waals surface area (Å²) in [5, 5.41) is 8.67. The molecule has 1 aliphatic rings. The first-order valence-electron chi connectivity index (χ1n) is 6.62. The Morgan fingerprint density at radius 1 is 1.21 bits per heavy atom. The standard InChI is InChI=1S/C12H24N4O3/c1-16(2)12(18)14-6-5-13-9-11(17)15-10-3-7-19-8-4-10/h10,13H,3-9H2,1-2H3,(H,14,18)(H,15,17). The summed E-state index contributed by atoms with van der Waals surface area (Å²) in [5.74, 6) is -0.00849. The van der Waals surface area contributed by atoms with Gasteiger partial charge in [-0.25, -0.2) is 4.79 Å². The van der Waals surface area contributed by atoms with Gasteiger partial charge in [-0.2, -0.15) is 0 Å². The number of carbonyl (C=O) groups is 2. The third-order valence-electron chi connectivity index (χ3n) is 2.86. The molecule has 7 heteroatoms. The zero-order valence-corrected chi connectivity index (χ0v) is 11.7. The lowest BCUT2D eigenvalue weighted by Gasteiger charge is -2.23. The van der Waals surface area contributed by atoms with Crippen LogP contribution in [0.1, 0.15) is 12.8 Å². The van der Waals surface area contributed by atoms with E-state index in [1.807, 2.05) is 0 Å². The highest BCUT2D eigenvalue weighted by Crippen LogP contribution is 2.05. The van der Waals surface area contributed by atoms with E-state index in [-0.39, 0.29) is 24.5 Å². The number of urea groups is 1. The molecule has 19 heavy (non-hydrogen) atoms. The number of nitrogens with one attached hydrogen (secondary N) is 3. The van der Waals surface area contributed by atoms with Gasteiger partial charge >= 0.3 is 6.03 Å². The van der Waals surface area contributed by atoms with Crippen molar-refractivity contribution in [2.75, 3.05) is 46.9 Å². The lowest BCUT2D eigenvalue weighted by Crippen LogP contribution is -2.44. The van der Waals surface area contributed by atoms with Crippen molar-refractivity contribution in [2.45, 2.75) is 18.9 Å². The number of carbonyl (C=O) groups excluding carboxylic acids is 2. The minimum absolute atomic E-state index is 0.00849. The first kappa shape index (κ1) is 15.7. The molecule has 0 radical (unpaired) electrons. The molecule has 0 aromatic rings. The van der Waals surface area contributed by atoms with Crippen molar-refractivity contribution >= 4 is 11.9 Å². The van der Waals surface area contributed by atoms with E-state index >= 15 is 0 Å². The van der Waals surface area contributed by atoms with Gasteiger partial charge in [-0.3, -0.25) is 4.79 Å². The van der Waals surface area contributed by atoms with Crippen LogP contribution in [-0.4, -0.2) is 69.8 Å². The van der Waals surface area contributed by atoms with Crippen LogP contribution in [0, 0.1) is 0 Å². The van der Waals surface area contributed by atoms with E-state index < -0.39 is 0 Å². The Morgan fingerprint density at radius 3 is 2.53 bits per heavy atom. The van der Waals surface area contributed by atoms with Gasteiger partial charge in [0.05, 0.1) is 6.54 Å². The van der Waals surface area contributed by atoms with Gasteiger partial charge in [0.25, 0.3) is 0 Å². The van der Waals surface area contributed by atoms with Gasteiger partial charge < -0.3 is 25.6 Å². The molecule has 1 rings (SSSR count). The third-order valence-corrected chi connectivity index (χ3v) is 2.86. The average Bonchev–Trinajstić information content (AvgIpc) is 2.39. The van der Waals surface area contributed by atoms with Crippen molar-refractivity contribution in [3.8, 4) is 0 Å². The van der Waals surface area contributed by atoms with E-state index in [4.69, 9.17) is 4.74 Å². The van der Waals surface area contributed by atoms with Crippen molar-refractivity contribution in [1.29, 1.82) is 0 Å². The first-order chi connectivity index (χ1) is 9.09. The van der Waals surface area contributed by atoms with Crippen LogP contribution in [0.2, 0.25) is 0 Å². The molecule has 0 aromatic heterocycles. The summed E-state index contributed by atoms with van der Waals surface area (Å²) >= 11 is 0. The summed E-state index contributed by atoms with van der Waals surface area (Å²) in [4.78, 5) is 24.3. The highest BCUT2D eigenvalue weighted by Gasteiger charge is 2.15. The zero-order valence-electron chi connectivity index (χ0n) is 11.7. The number of nitrogens with zero attached hydrogens (tertiary/aromatic N) is 1. The van der Waals surface area contributed by atoms with Crippen LogP contribution in [0.5, 0.6) is 0 Å². The molecule has 0 atom stereocenters. The smallest absolute Gasteiger partial charge is 0.316 e. The van der Waals surface area contributed by atoms with Crippen LogP contribution in [0.3, 0.4) is 0 Å². The van der Waals surface area contributed by atoms with Crippen molar-refractivity contribution in [3.05, 3.63) is 0 Å². The van der Waals surface area contributed by atoms with Gasteiger partial charge in [0.15, 0.2) is 0 Å². The van der Waals surface area contributed by atoms with Gasteiger partial charge in [0.2, 0.25) is 5.91 Å². The fraction of sp³-hybridized carbons (Fsp3) is 0.833. The van der Waals surface area contributed by atoms with E-state index in [1.165, 1.54) is 4.90 Å². The molecule has 1 fully saturated rings. The zero-order chi connectivity index (χ0) is 14.1. The molecule has 1 aliphatic heterocycles. The molecule has 3 amide bonds. The summed E-state index contributed by atoms with van der Waals surface area (Å²) in [6.45, 7) is 2.78. The fourth-order valence-corrected chi connectivity index (χ4v) is 1.74. The molecule has 1 saturated heterocycles. The maximum absolute atomic E-state index is 11.6. The molecule has 0 aromatic carbocycles. The van der Waals surface area contributed by atoms with E-state index in [2.05, 4.69) is 16.0 Å². The van der Waals surface area contributed by atoms with Crippen molar-refractivity contribution in [2.24, 2.45) is 0 Å². The molecule has 0 unspecified atom stereocenters. The molecule has 0 aliphatic carbocycles. The highest BCUT2D eigenvalue weighted by atomic mass is 16.5. The molecule has 0 spiro atoms. The molecular formula is C12H24N4O3. The van der Waals surface area contributed by atoms with E-state index in [0.717, 1.165) is 26.1 Å². The van der Waals surface area contributed by atoms with E-state index in [1.54, 1.807) is 14.1 Å². The van der Waals surface area contributed by atoms with Crippen LogP contribution in [0.15, 0.2) is 0 Å². The normalized spacial score (nSPS) is 15.9. The Morgan fingerprint density at radius 2 is 1.89 bits per heavy atom. The Bertz CT molecular complexity index is 291. The summed E-state index contributed by atoms with van der Waals surface area (Å²) in [6.07, 6.45) is 1.76. The minimum Gasteiger partial charge on any atom is -0.381 e. The van der Waals surface area contributed by atoms with Crippen LogP contribution < -0.4 is 16.0 Å². The van der Waals surface area contributed by atoms with Gasteiger partial charge in [0, 0.05) is 46.4 Å². The molecule has 0 saturated carbocycles. The SMILES string of the molecule is CN(C)C(=O)NCCNCC(=O)NC1CCOCC1. The third kappa shape index (κ3) is 6.97. The van der Waals surface area contributed by atoms with Crippen LogP contribution in [0.25, 0.3) is 0 Å². The van der Waals surface area contributed by atoms with Crippen molar-refractivity contribution in [1.82, 2.24) is 20.9 Å². The Kier molecular flexibility index (Phi) is 7.20. The Hall–Kier alpha value is -1.34. The highest BCUT2D eigenvalue weighted by molar-refractivity contribution is 5.78.